The smallest absolute Gasteiger partial charge is 0.0715 e. The first-order valence-corrected chi connectivity index (χ1v) is 15.1. The molecule has 1 rings (SSSR count). The van der Waals surface area contributed by atoms with E-state index < -0.39 is 14.0 Å². The molecule has 0 aliphatic rings. The van der Waals surface area contributed by atoms with Crippen molar-refractivity contribution in [1.82, 2.24) is 0 Å². The monoisotopic (exact) mass is 404 g/mol. The van der Waals surface area contributed by atoms with Crippen molar-refractivity contribution in [2.24, 2.45) is 0 Å². The van der Waals surface area contributed by atoms with Crippen molar-refractivity contribution in [3.8, 4) is 0 Å². The molecule has 0 unspecified atom stereocenters. The number of unbranched alkanes of at least 4 members (excludes halogenated alkanes) is 11. The number of aromatic carboxylic acids is 1. The van der Waals surface area contributed by atoms with Crippen molar-refractivity contribution in [3.63, 3.8) is 0 Å². The molecule has 0 amide bonds. The third-order valence-electron chi connectivity index (χ3n) is 5.30. The summed E-state index contributed by atoms with van der Waals surface area (Å²) < 4.78 is 0. The molecule has 0 saturated heterocycles. The second-order valence-corrected chi connectivity index (χ2v) is 15.0. The molecule has 1 aromatic carbocycles. The van der Waals surface area contributed by atoms with Crippen LogP contribution in [0.5, 0.6) is 0 Å². The maximum Gasteiger partial charge on any atom is 0.0715 e. The highest BCUT2D eigenvalue weighted by Crippen LogP contribution is 2.16. The fourth-order valence-corrected chi connectivity index (χ4v) is 4.82. The first-order chi connectivity index (χ1) is 13.4. The van der Waals surface area contributed by atoms with Gasteiger partial charge in [0.15, 0.2) is 0 Å². The van der Waals surface area contributed by atoms with Crippen molar-refractivity contribution in [2.75, 3.05) is 11.9 Å². The Morgan fingerprint density at radius 3 is 1.61 bits per heavy atom. The van der Waals surface area contributed by atoms with Gasteiger partial charge in [-0.15, -0.1) is 0 Å². The number of hydrogen-bond donors (Lipinski definition) is 1. The highest BCUT2D eigenvalue weighted by molar-refractivity contribution is 6.76. The quantitative estimate of drug-likeness (QED) is 0.239. The second kappa shape index (κ2) is 14.7. The van der Waals surface area contributed by atoms with E-state index in [4.69, 9.17) is 0 Å². The SMILES string of the molecule is C[Si](C)(C)CCCCCCCCCCCCCCNc1ccc(C(=O)[O-])cc1. The summed E-state index contributed by atoms with van der Waals surface area (Å²) in [7, 11) is -0.809. The third-order valence-corrected chi connectivity index (χ3v) is 7.16. The van der Waals surface area contributed by atoms with Crippen LogP contribution in [-0.4, -0.2) is 20.6 Å². The number of nitrogens with one attached hydrogen (secondary N) is 1. The lowest BCUT2D eigenvalue weighted by atomic mass is 10.1. The molecule has 0 aliphatic carbocycles. The molecule has 160 valence electrons. The Morgan fingerprint density at radius 1 is 0.750 bits per heavy atom. The molecule has 0 bridgehead atoms. The van der Waals surface area contributed by atoms with Gasteiger partial charge < -0.3 is 15.2 Å². The van der Waals surface area contributed by atoms with E-state index in [1.165, 1.54) is 83.1 Å². The highest BCUT2D eigenvalue weighted by atomic mass is 28.3. The number of carboxylic acids is 1. The van der Waals surface area contributed by atoms with Gasteiger partial charge in [0, 0.05) is 20.3 Å². The molecule has 0 aliphatic heterocycles. The Balaban J connectivity index is 1.82. The summed E-state index contributed by atoms with van der Waals surface area (Å²) in [4.78, 5) is 10.7. The number of anilines is 1. The minimum Gasteiger partial charge on any atom is -0.545 e. The van der Waals surface area contributed by atoms with E-state index in [2.05, 4.69) is 25.0 Å². The van der Waals surface area contributed by atoms with Gasteiger partial charge in [-0.3, -0.25) is 0 Å². The van der Waals surface area contributed by atoms with E-state index in [0.29, 0.717) is 0 Å². The average Bonchev–Trinajstić information content (AvgIpc) is 2.64. The molecule has 0 saturated carbocycles. The van der Waals surface area contributed by atoms with E-state index in [1.807, 2.05) is 0 Å². The lowest BCUT2D eigenvalue weighted by Crippen LogP contribution is -2.21. The van der Waals surface area contributed by atoms with Crippen LogP contribution < -0.4 is 10.4 Å². The maximum absolute atomic E-state index is 10.7. The van der Waals surface area contributed by atoms with Gasteiger partial charge in [-0.05, 0) is 24.1 Å². The van der Waals surface area contributed by atoms with Crippen LogP contribution in [0.3, 0.4) is 0 Å². The third kappa shape index (κ3) is 13.8. The van der Waals surface area contributed by atoms with Gasteiger partial charge in [0.2, 0.25) is 0 Å². The predicted molar refractivity (Wildman–Crippen MR) is 123 cm³/mol. The van der Waals surface area contributed by atoms with Crippen LogP contribution in [0.25, 0.3) is 0 Å². The van der Waals surface area contributed by atoms with Gasteiger partial charge in [0.05, 0.1) is 5.97 Å². The Kier molecular flexibility index (Phi) is 13.0. The van der Waals surface area contributed by atoms with E-state index in [-0.39, 0.29) is 5.56 Å². The number of hydrogen-bond acceptors (Lipinski definition) is 3. The molecule has 0 heterocycles. The Labute approximate surface area is 174 Å². The number of benzene rings is 1. The summed E-state index contributed by atoms with van der Waals surface area (Å²) in [6.45, 7) is 8.37. The van der Waals surface area contributed by atoms with Crippen molar-refractivity contribution in [2.45, 2.75) is 103 Å². The van der Waals surface area contributed by atoms with Gasteiger partial charge in [0.25, 0.3) is 0 Å². The zero-order valence-corrected chi connectivity index (χ0v) is 19.5. The number of carboxylic acid groups (broad SMARTS) is 1. The standard InChI is InChI=1S/C24H43NO2Si/c1-28(2,3)21-15-13-11-9-7-5-4-6-8-10-12-14-20-25-23-18-16-22(17-19-23)24(26)27/h16-19,25H,4-15,20-21H2,1-3H3,(H,26,27)/p-1. The van der Waals surface area contributed by atoms with Gasteiger partial charge in [-0.2, -0.15) is 0 Å². The molecule has 1 aromatic rings. The molecule has 28 heavy (non-hydrogen) atoms. The molecular weight excluding hydrogens is 362 g/mol. The van der Waals surface area contributed by atoms with E-state index >= 15 is 0 Å². The maximum atomic E-state index is 10.7. The van der Waals surface area contributed by atoms with Gasteiger partial charge in [-0.25, -0.2) is 0 Å². The van der Waals surface area contributed by atoms with Crippen LogP contribution in [0.15, 0.2) is 24.3 Å². The van der Waals surface area contributed by atoms with E-state index in [1.54, 1.807) is 24.3 Å². The van der Waals surface area contributed by atoms with Gasteiger partial charge in [-0.1, -0.05) is 108 Å². The molecule has 0 atom stereocenters. The fourth-order valence-electron chi connectivity index (χ4n) is 3.50. The Morgan fingerprint density at radius 2 is 1.18 bits per heavy atom. The topological polar surface area (TPSA) is 52.2 Å². The van der Waals surface area contributed by atoms with Crippen LogP contribution in [-0.2, 0) is 0 Å². The van der Waals surface area contributed by atoms with Crippen molar-refractivity contribution in [3.05, 3.63) is 29.8 Å². The zero-order valence-electron chi connectivity index (χ0n) is 18.5. The molecule has 1 N–H and O–H groups in total. The van der Waals surface area contributed by atoms with Crippen LogP contribution in [0, 0.1) is 0 Å². The van der Waals surface area contributed by atoms with Crippen molar-refractivity contribution >= 4 is 19.7 Å². The number of rotatable bonds is 17. The minimum absolute atomic E-state index is 0.229. The number of carbonyl (C=O) groups is 1. The molecule has 0 aromatic heterocycles. The van der Waals surface area contributed by atoms with E-state index in [0.717, 1.165) is 12.2 Å². The van der Waals surface area contributed by atoms with Crippen LogP contribution in [0.2, 0.25) is 25.7 Å². The highest BCUT2D eigenvalue weighted by Gasteiger charge is 2.11. The normalized spacial score (nSPS) is 11.5. The van der Waals surface area contributed by atoms with Crippen LogP contribution in [0.4, 0.5) is 5.69 Å². The molecule has 0 spiro atoms. The molecular formula is C24H42NO2Si-. The molecule has 3 nitrogen and oxygen atoms in total. The minimum atomic E-state index is -1.12. The van der Waals surface area contributed by atoms with Crippen molar-refractivity contribution in [1.29, 1.82) is 0 Å². The zero-order chi connectivity index (χ0) is 20.7. The average molecular weight is 405 g/mol. The molecule has 0 fully saturated rings. The second-order valence-electron chi connectivity index (χ2n) is 9.34. The molecule has 4 heteroatoms. The van der Waals surface area contributed by atoms with Gasteiger partial charge >= 0.3 is 0 Å². The van der Waals surface area contributed by atoms with Crippen LogP contribution in [0.1, 0.15) is 87.4 Å². The largest absolute Gasteiger partial charge is 0.545 e. The first-order valence-electron chi connectivity index (χ1n) is 11.4. The molecule has 0 radical (unpaired) electrons. The van der Waals surface area contributed by atoms with Crippen LogP contribution >= 0.6 is 0 Å². The summed E-state index contributed by atoms with van der Waals surface area (Å²) in [5, 5.41) is 14.1. The fraction of sp³-hybridized carbons (Fsp3) is 0.708. The summed E-state index contributed by atoms with van der Waals surface area (Å²) >= 11 is 0. The summed E-state index contributed by atoms with van der Waals surface area (Å²) in [5.41, 5.74) is 1.21. The van der Waals surface area contributed by atoms with Gasteiger partial charge in [0.1, 0.15) is 0 Å². The number of carbonyl (C=O) groups excluding carboxylic acids is 1. The predicted octanol–water partition coefficient (Wildman–Crippen LogP) is 6.48. The Bertz CT molecular complexity index is 522. The van der Waals surface area contributed by atoms with E-state index in [9.17, 15) is 9.90 Å². The summed E-state index contributed by atoms with van der Waals surface area (Å²) in [5.74, 6) is -1.12. The summed E-state index contributed by atoms with van der Waals surface area (Å²) in [6.07, 6.45) is 16.5. The van der Waals surface area contributed by atoms with Crippen molar-refractivity contribution < 1.29 is 9.90 Å². The summed E-state index contributed by atoms with van der Waals surface area (Å²) in [6, 6.07) is 8.28. The first kappa shape index (κ1) is 24.7. The Hall–Kier alpha value is -1.29. The lowest BCUT2D eigenvalue weighted by Gasteiger charge is -2.14. The lowest BCUT2D eigenvalue weighted by molar-refractivity contribution is -0.255.